The van der Waals surface area contributed by atoms with Crippen molar-refractivity contribution in [2.24, 2.45) is 0 Å². The number of carbonyl (C=O) groups excluding carboxylic acids is 1. The van der Waals surface area contributed by atoms with Crippen molar-refractivity contribution in [2.75, 3.05) is 37.9 Å². The van der Waals surface area contributed by atoms with Gasteiger partial charge in [-0.15, -0.1) is 0 Å². The van der Waals surface area contributed by atoms with E-state index in [1.165, 1.54) is 43.2 Å². The first-order chi connectivity index (χ1) is 13.8. The van der Waals surface area contributed by atoms with E-state index in [0.717, 1.165) is 31.8 Å². The molecular weight excluding hydrogens is 417 g/mol. The number of sulfonamides is 1. The standard InChI is InChI=1S/C20H23ClFN3O3S/c1-24(12-13-25-10-2-3-11-25)20(26)15-4-9-18(21)19(14-15)29(27,28)23-17-7-5-16(22)6-8-17/h4-9,14,23H,2-3,10-13H2,1H3. The maximum atomic E-state index is 13.0. The van der Waals surface area contributed by atoms with Gasteiger partial charge in [0, 0.05) is 31.4 Å². The van der Waals surface area contributed by atoms with Crippen LogP contribution in [0.4, 0.5) is 10.1 Å². The van der Waals surface area contributed by atoms with Gasteiger partial charge in [-0.05, 0) is 68.4 Å². The van der Waals surface area contributed by atoms with E-state index in [2.05, 4.69) is 9.62 Å². The van der Waals surface area contributed by atoms with E-state index in [-0.39, 0.29) is 27.1 Å². The summed E-state index contributed by atoms with van der Waals surface area (Å²) >= 11 is 6.09. The van der Waals surface area contributed by atoms with Crippen LogP contribution in [-0.2, 0) is 10.0 Å². The van der Waals surface area contributed by atoms with E-state index in [9.17, 15) is 17.6 Å². The summed E-state index contributed by atoms with van der Waals surface area (Å²) in [6.45, 7) is 3.42. The lowest BCUT2D eigenvalue weighted by atomic mass is 10.2. The molecule has 6 nitrogen and oxygen atoms in total. The minimum Gasteiger partial charge on any atom is -0.340 e. The number of nitrogens with zero attached hydrogens (tertiary/aromatic N) is 2. The third-order valence-corrected chi connectivity index (χ3v) is 6.72. The first-order valence-electron chi connectivity index (χ1n) is 9.32. The summed E-state index contributed by atoms with van der Waals surface area (Å²) in [4.78, 5) is 16.4. The Morgan fingerprint density at radius 3 is 2.48 bits per heavy atom. The Labute approximate surface area is 175 Å². The van der Waals surface area contributed by atoms with Gasteiger partial charge < -0.3 is 9.80 Å². The number of hydrogen-bond acceptors (Lipinski definition) is 4. The van der Waals surface area contributed by atoms with E-state index in [1.54, 1.807) is 11.9 Å². The lowest BCUT2D eigenvalue weighted by molar-refractivity contribution is 0.0782. The zero-order chi connectivity index (χ0) is 21.0. The fraction of sp³-hybridized carbons (Fsp3) is 0.350. The average Bonchev–Trinajstić information content (AvgIpc) is 3.21. The van der Waals surface area contributed by atoms with E-state index in [0.29, 0.717) is 6.54 Å². The summed E-state index contributed by atoms with van der Waals surface area (Å²) < 4.78 is 40.9. The van der Waals surface area contributed by atoms with Crippen molar-refractivity contribution in [3.05, 3.63) is 58.9 Å². The second kappa shape index (κ2) is 9.11. The number of amides is 1. The van der Waals surface area contributed by atoms with Crippen LogP contribution in [0.2, 0.25) is 5.02 Å². The summed E-state index contributed by atoms with van der Waals surface area (Å²) in [7, 11) is -2.35. The highest BCUT2D eigenvalue weighted by Crippen LogP contribution is 2.25. The van der Waals surface area contributed by atoms with Crippen molar-refractivity contribution in [2.45, 2.75) is 17.7 Å². The highest BCUT2D eigenvalue weighted by Gasteiger charge is 2.22. The number of rotatable bonds is 7. The minimum atomic E-state index is -4.05. The Hall–Kier alpha value is -2.16. The maximum absolute atomic E-state index is 13.0. The van der Waals surface area contributed by atoms with Crippen LogP contribution in [0.3, 0.4) is 0 Å². The van der Waals surface area contributed by atoms with Crippen LogP contribution < -0.4 is 4.72 Å². The van der Waals surface area contributed by atoms with Crippen LogP contribution in [0.25, 0.3) is 0 Å². The van der Waals surface area contributed by atoms with Crippen LogP contribution >= 0.6 is 11.6 Å². The molecule has 0 aromatic heterocycles. The fourth-order valence-electron chi connectivity index (χ4n) is 3.19. The van der Waals surface area contributed by atoms with Crippen LogP contribution in [0.5, 0.6) is 0 Å². The van der Waals surface area contributed by atoms with Crippen molar-refractivity contribution in [3.63, 3.8) is 0 Å². The Balaban J connectivity index is 1.75. The molecule has 0 unspecified atom stereocenters. The van der Waals surface area contributed by atoms with Gasteiger partial charge >= 0.3 is 0 Å². The molecule has 2 aromatic carbocycles. The van der Waals surface area contributed by atoms with Crippen LogP contribution in [-0.4, -0.2) is 57.4 Å². The zero-order valence-electron chi connectivity index (χ0n) is 16.1. The third-order valence-electron chi connectivity index (χ3n) is 4.86. The molecule has 0 atom stereocenters. The second-order valence-electron chi connectivity index (χ2n) is 7.03. The number of carbonyl (C=O) groups is 1. The molecule has 9 heteroatoms. The molecular formula is C20H23ClFN3O3S. The number of benzene rings is 2. The molecule has 1 N–H and O–H groups in total. The average molecular weight is 440 g/mol. The van der Waals surface area contributed by atoms with Crippen molar-refractivity contribution in [1.82, 2.24) is 9.80 Å². The SMILES string of the molecule is CN(CCN1CCCC1)C(=O)c1ccc(Cl)c(S(=O)(=O)Nc2ccc(F)cc2)c1. The summed E-state index contributed by atoms with van der Waals surface area (Å²) in [6, 6.07) is 9.08. The van der Waals surface area contributed by atoms with E-state index < -0.39 is 15.8 Å². The molecule has 3 rings (SSSR count). The molecule has 29 heavy (non-hydrogen) atoms. The van der Waals surface area contributed by atoms with Crippen molar-refractivity contribution >= 4 is 33.2 Å². The molecule has 1 aliphatic heterocycles. The smallest absolute Gasteiger partial charge is 0.263 e. The normalized spacial score (nSPS) is 14.7. The molecule has 0 radical (unpaired) electrons. The van der Waals surface area contributed by atoms with E-state index in [4.69, 9.17) is 11.6 Å². The highest BCUT2D eigenvalue weighted by molar-refractivity contribution is 7.92. The van der Waals surface area contributed by atoms with Gasteiger partial charge in [0.25, 0.3) is 15.9 Å². The van der Waals surface area contributed by atoms with Crippen LogP contribution in [0.15, 0.2) is 47.4 Å². The van der Waals surface area contributed by atoms with Crippen molar-refractivity contribution in [3.8, 4) is 0 Å². The van der Waals surface area contributed by atoms with E-state index in [1.807, 2.05) is 0 Å². The lowest BCUT2D eigenvalue weighted by Crippen LogP contribution is -2.35. The fourth-order valence-corrected chi connectivity index (χ4v) is 4.78. The van der Waals surface area contributed by atoms with Crippen LogP contribution in [0, 0.1) is 5.82 Å². The van der Waals surface area contributed by atoms with Gasteiger partial charge in [-0.3, -0.25) is 9.52 Å². The molecule has 1 heterocycles. The maximum Gasteiger partial charge on any atom is 0.263 e. The molecule has 0 bridgehead atoms. The van der Waals surface area contributed by atoms with Gasteiger partial charge in [-0.2, -0.15) is 0 Å². The molecule has 1 aliphatic rings. The first kappa shape index (κ1) is 21.5. The highest BCUT2D eigenvalue weighted by atomic mass is 35.5. The molecule has 1 fully saturated rings. The monoisotopic (exact) mass is 439 g/mol. The molecule has 156 valence electrons. The molecule has 1 amide bonds. The zero-order valence-corrected chi connectivity index (χ0v) is 17.6. The summed E-state index contributed by atoms with van der Waals surface area (Å²) in [5.41, 5.74) is 0.430. The number of likely N-dealkylation sites (N-methyl/N-ethyl adjacent to an activating group) is 1. The van der Waals surface area contributed by atoms with Gasteiger partial charge in [-0.1, -0.05) is 11.6 Å². The predicted octanol–water partition coefficient (Wildman–Crippen LogP) is 3.45. The predicted molar refractivity (Wildman–Crippen MR) is 111 cm³/mol. The third kappa shape index (κ3) is 5.46. The molecule has 0 spiro atoms. The van der Waals surface area contributed by atoms with Gasteiger partial charge in [0.1, 0.15) is 10.7 Å². The van der Waals surface area contributed by atoms with Gasteiger partial charge in [0.15, 0.2) is 0 Å². The Bertz CT molecular complexity index is 977. The number of likely N-dealkylation sites (tertiary alicyclic amines) is 1. The van der Waals surface area contributed by atoms with Crippen molar-refractivity contribution < 1.29 is 17.6 Å². The van der Waals surface area contributed by atoms with Gasteiger partial charge in [-0.25, -0.2) is 12.8 Å². The topological polar surface area (TPSA) is 69.7 Å². The van der Waals surface area contributed by atoms with Gasteiger partial charge in [0.2, 0.25) is 0 Å². The largest absolute Gasteiger partial charge is 0.340 e. The number of halogens is 2. The Morgan fingerprint density at radius 1 is 1.17 bits per heavy atom. The lowest BCUT2D eigenvalue weighted by Gasteiger charge is -2.22. The molecule has 0 aliphatic carbocycles. The second-order valence-corrected chi connectivity index (χ2v) is 9.09. The molecule has 2 aromatic rings. The van der Waals surface area contributed by atoms with Crippen LogP contribution in [0.1, 0.15) is 23.2 Å². The Kier molecular flexibility index (Phi) is 6.77. The molecule has 1 saturated heterocycles. The Morgan fingerprint density at radius 2 is 1.83 bits per heavy atom. The quantitative estimate of drug-likeness (QED) is 0.717. The summed E-state index contributed by atoms with van der Waals surface area (Å²) in [5.74, 6) is -0.755. The first-order valence-corrected chi connectivity index (χ1v) is 11.2. The number of nitrogens with one attached hydrogen (secondary N) is 1. The number of hydrogen-bond donors (Lipinski definition) is 1. The summed E-state index contributed by atoms with van der Waals surface area (Å²) in [5, 5.41) is -0.00381. The minimum absolute atomic E-state index is 0.00381. The van der Waals surface area contributed by atoms with Crippen molar-refractivity contribution in [1.29, 1.82) is 0 Å². The molecule has 0 saturated carbocycles. The van der Waals surface area contributed by atoms with Gasteiger partial charge in [0.05, 0.1) is 5.02 Å². The number of anilines is 1. The van der Waals surface area contributed by atoms with E-state index >= 15 is 0 Å². The summed E-state index contributed by atoms with van der Waals surface area (Å²) in [6.07, 6.45) is 2.36.